The molecule has 0 saturated heterocycles. The van der Waals surface area contributed by atoms with Crippen LogP contribution in [0.25, 0.3) is 0 Å². The van der Waals surface area contributed by atoms with Gasteiger partial charge in [0.1, 0.15) is 0 Å². The number of nitrogens with one attached hydrogen (secondary N) is 1. The van der Waals surface area contributed by atoms with Crippen LogP contribution in [0, 0.1) is 13.8 Å². The molecule has 0 bridgehead atoms. The molecule has 0 aromatic carbocycles. The standard InChI is InChI=1S/C15H26N2OS/c1-4-18-9-6-5-7-16-8-10-19-15-12-13(2)11-14(3)17-15/h11-12,16H,4-10H2,1-3H3. The fourth-order valence-electron chi connectivity index (χ4n) is 1.83. The van der Waals surface area contributed by atoms with Crippen LogP contribution in [0.1, 0.15) is 31.0 Å². The minimum absolute atomic E-state index is 0.826. The van der Waals surface area contributed by atoms with Gasteiger partial charge in [0.25, 0.3) is 0 Å². The highest BCUT2D eigenvalue weighted by Gasteiger charge is 1.98. The highest BCUT2D eigenvalue weighted by Crippen LogP contribution is 2.16. The lowest BCUT2D eigenvalue weighted by Crippen LogP contribution is -2.18. The maximum absolute atomic E-state index is 5.30. The highest BCUT2D eigenvalue weighted by molar-refractivity contribution is 7.99. The molecule has 1 heterocycles. The van der Waals surface area contributed by atoms with Gasteiger partial charge in [0, 0.05) is 31.2 Å². The largest absolute Gasteiger partial charge is 0.382 e. The van der Waals surface area contributed by atoms with Gasteiger partial charge in [-0.05, 0) is 57.9 Å². The fourth-order valence-corrected chi connectivity index (χ4v) is 2.76. The van der Waals surface area contributed by atoms with Crippen LogP contribution in [0.5, 0.6) is 0 Å². The number of rotatable bonds is 10. The molecule has 19 heavy (non-hydrogen) atoms. The molecule has 0 radical (unpaired) electrons. The molecular formula is C15H26N2OS. The van der Waals surface area contributed by atoms with Crippen molar-refractivity contribution < 1.29 is 4.74 Å². The number of thioether (sulfide) groups is 1. The predicted molar refractivity (Wildman–Crippen MR) is 83.0 cm³/mol. The number of nitrogens with zero attached hydrogens (tertiary/aromatic N) is 1. The Balaban J connectivity index is 2.01. The van der Waals surface area contributed by atoms with E-state index < -0.39 is 0 Å². The van der Waals surface area contributed by atoms with Crippen molar-refractivity contribution in [1.82, 2.24) is 10.3 Å². The van der Waals surface area contributed by atoms with Gasteiger partial charge in [0.15, 0.2) is 0 Å². The summed E-state index contributed by atoms with van der Waals surface area (Å²) in [5, 5.41) is 4.59. The monoisotopic (exact) mass is 282 g/mol. The van der Waals surface area contributed by atoms with Gasteiger partial charge in [0.05, 0.1) is 5.03 Å². The first kappa shape index (κ1) is 16.5. The summed E-state index contributed by atoms with van der Waals surface area (Å²) in [7, 11) is 0. The first-order chi connectivity index (χ1) is 9.22. The first-order valence-electron chi connectivity index (χ1n) is 7.09. The zero-order valence-electron chi connectivity index (χ0n) is 12.4. The number of unbranched alkanes of at least 4 members (excludes halogenated alkanes) is 1. The zero-order valence-corrected chi connectivity index (χ0v) is 13.2. The van der Waals surface area contributed by atoms with Gasteiger partial charge >= 0.3 is 0 Å². The molecule has 0 atom stereocenters. The van der Waals surface area contributed by atoms with Crippen LogP contribution in [-0.4, -0.2) is 37.0 Å². The molecule has 0 fully saturated rings. The Bertz CT molecular complexity index is 338. The van der Waals surface area contributed by atoms with Gasteiger partial charge in [-0.15, -0.1) is 11.8 Å². The van der Waals surface area contributed by atoms with Gasteiger partial charge in [-0.25, -0.2) is 4.98 Å². The summed E-state index contributed by atoms with van der Waals surface area (Å²) < 4.78 is 5.30. The van der Waals surface area contributed by atoms with Gasteiger partial charge in [-0.2, -0.15) is 0 Å². The van der Waals surface area contributed by atoms with E-state index >= 15 is 0 Å². The van der Waals surface area contributed by atoms with Crippen molar-refractivity contribution in [2.75, 3.05) is 32.1 Å². The molecule has 0 aliphatic carbocycles. The minimum Gasteiger partial charge on any atom is -0.382 e. The van der Waals surface area contributed by atoms with E-state index in [4.69, 9.17) is 4.74 Å². The van der Waals surface area contributed by atoms with Crippen molar-refractivity contribution in [1.29, 1.82) is 0 Å². The molecule has 0 unspecified atom stereocenters. The van der Waals surface area contributed by atoms with Crippen molar-refractivity contribution in [3.05, 3.63) is 23.4 Å². The quantitative estimate of drug-likeness (QED) is 0.528. The first-order valence-corrected chi connectivity index (χ1v) is 8.07. The van der Waals surface area contributed by atoms with Crippen LogP contribution in [0.3, 0.4) is 0 Å². The average molecular weight is 282 g/mol. The van der Waals surface area contributed by atoms with Crippen molar-refractivity contribution in [3.8, 4) is 0 Å². The molecule has 1 rings (SSSR count). The third-order valence-electron chi connectivity index (χ3n) is 2.70. The third-order valence-corrected chi connectivity index (χ3v) is 3.61. The lowest BCUT2D eigenvalue weighted by atomic mass is 10.3. The summed E-state index contributed by atoms with van der Waals surface area (Å²) in [6.45, 7) is 10.0. The van der Waals surface area contributed by atoms with Gasteiger partial charge in [0.2, 0.25) is 0 Å². The van der Waals surface area contributed by atoms with Crippen LogP contribution in [0.15, 0.2) is 17.2 Å². The summed E-state index contributed by atoms with van der Waals surface area (Å²) >= 11 is 1.82. The van der Waals surface area contributed by atoms with Gasteiger partial charge < -0.3 is 10.1 Å². The molecule has 0 amide bonds. The van der Waals surface area contributed by atoms with Gasteiger partial charge in [-0.1, -0.05) is 0 Å². The SMILES string of the molecule is CCOCCCCNCCSc1cc(C)cc(C)n1. The Morgan fingerprint density at radius 1 is 1.21 bits per heavy atom. The Morgan fingerprint density at radius 2 is 2.05 bits per heavy atom. The normalized spacial score (nSPS) is 10.9. The molecule has 3 nitrogen and oxygen atoms in total. The number of hydrogen-bond acceptors (Lipinski definition) is 4. The third kappa shape index (κ3) is 8.24. The van der Waals surface area contributed by atoms with E-state index in [9.17, 15) is 0 Å². The van der Waals surface area contributed by atoms with Crippen molar-refractivity contribution in [2.24, 2.45) is 0 Å². The van der Waals surface area contributed by atoms with E-state index in [0.717, 1.165) is 49.2 Å². The van der Waals surface area contributed by atoms with Crippen LogP contribution in [0.2, 0.25) is 0 Å². The van der Waals surface area contributed by atoms with Crippen LogP contribution < -0.4 is 5.32 Å². The van der Waals surface area contributed by atoms with Crippen molar-refractivity contribution in [2.45, 2.75) is 38.6 Å². The topological polar surface area (TPSA) is 34.1 Å². The van der Waals surface area contributed by atoms with Gasteiger partial charge in [-0.3, -0.25) is 0 Å². The van der Waals surface area contributed by atoms with Crippen LogP contribution in [-0.2, 0) is 4.74 Å². The molecule has 1 aromatic rings. The van der Waals surface area contributed by atoms with Crippen molar-refractivity contribution >= 4 is 11.8 Å². The number of hydrogen-bond donors (Lipinski definition) is 1. The average Bonchev–Trinajstić information content (AvgIpc) is 2.36. The summed E-state index contributed by atoms with van der Waals surface area (Å²) in [6, 6.07) is 4.26. The molecule has 4 heteroatoms. The van der Waals surface area contributed by atoms with E-state index in [-0.39, 0.29) is 0 Å². The molecular weight excluding hydrogens is 256 g/mol. The zero-order chi connectivity index (χ0) is 13.9. The molecule has 108 valence electrons. The van der Waals surface area contributed by atoms with E-state index in [0.29, 0.717) is 0 Å². The lowest BCUT2D eigenvalue weighted by molar-refractivity contribution is 0.143. The summed E-state index contributed by atoms with van der Waals surface area (Å²) in [4.78, 5) is 4.52. The molecule has 1 N–H and O–H groups in total. The second-order valence-electron chi connectivity index (χ2n) is 4.63. The molecule has 0 saturated carbocycles. The predicted octanol–water partition coefficient (Wildman–Crippen LogP) is 3.20. The number of ether oxygens (including phenoxy) is 1. The fraction of sp³-hybridized carbons (Fsp3) is 0.667. The lowest BCUT2D eigenvalue weighted by Gasteiger charge is -2.06. The summed E-state index contributed by atoms with van der Waals surface area (Å²) in [5.74, 6) is 1.07. The summed E-state index contributed by atoms with van der Waals surface area (Å²) in [5.41, 5.74) is 2.39. The Labute approximate surface area is 121 Å². The van der Waals surface area contributed by atoms with E-state index in [1.165, 1.54) is 12.0 Å². The maximum Gasteiger partial charge on any atom is 0.0966 e. The smallest absolute Gasteiger partial charge is 0.0966 e. The minimum atomic E-state index is 0.826. The number of aromatic nitrogens is 1. The Kier molecular flexibility index (Phi) is 8.88. The Hall–Kier alpha value is -0.580. The molecule has 1 aromatic heterocycles. The van der Waals surface area contributed by atoms with Crippen molar-refractivity contribution in [3.63, 3.8) is 0 Å². The Morgan fingerprint density at radius 3 is 2.79 bits per heavy atom. The van der Waals surface area contributed by atoms with Crippen LogP contribution in [0.4, 0.5) is 0 Å². The summed E-state index contributed by atoms with van der Waals surface area (Å²) in [6.07, 6.45) is 2.33. The molecule has 0 aliphatic heterocycles. The molecule has 0 spiro atoms. The maximum atomic E-state index is 5.30. The van der Waals surface area contributed by atoms with E-state index in [1.54, 1.807) is 0 Å². The van der Waals surface area contributed by atoms with Crippen LogP contribution >= 0.6 is 11.8 Å². The second kappa shape index (κ2) is 10.2. The second-order valence-corrected chi connectivity index (χ2v) is 5.74. The van der Waals surface area contributed by atoms with E-state index in [2.05, 4.69) is 29.4 Å². The number of aryl methyl sites for hydroxylation is 2. The molecule has 0 aliphatic rings. The number of pyridine rings is 1. The highest BCUT2D eigenvalue weighted by atomic mass is 32.2. The van der Waals surface area contributed by atoms with E-state index in [1.807, 2.05) is 25.6 Å².